The molecule has 1 aromatic heterocycles. The Morgan fingerprint density at radius 2 is 2.00 bits per heavy atom. The van der Waals surface area contributed by atoms with Gasteiger partial charge in [0.05, 0.1) is 18.0 Å². The Hall–Kier alpha value is -3.54. The van der Waals surface area contributed by atoms with Crippen LogP contribution in [0, 0.1) is 17.2 Å². The molecular weight excluding hydrogens is 396 g/mol. The minimum Gasteiger partial charge on any atom is -0.450 e. The number of piperidine rings is 1. The van der Waals surface area contributed by atoms with E-state index in [1.165, 1.54) is 0 Å². The van der Waals surface area contributed by atoms with E-state index in [-0.39, 0.29) is 17.9 Å². The molecule has 9 nitrogen and oxygen atoms in total. The largest absolute Gasteiger partial charge is 0.450 e. The Kier molecular flexibility index (Phi) is 7.49. The molecule has 3 rings (SSSR count). The summed E-state index contributed by atoms with van der Waals surface area (Å²) in [6.07, 6.45) is 2.12. The van der Waals surface area contributed by atoms with Crippen molar-refractivity contribution >= 4 is 17.8 Å². The van der Waals surface area contributed by atoms with Crippen LogP contribution >= 0.6 is 0 Å². The van der Waals surface area contributed by atoms with Crippen molar-refractivity contribution in [2.75, 3.05) is 32.0 Å². The van der Waals surface area contributed by atoms with Gasteiger partial charge in [-0.15, -0.1) is 0 Å². The van der Waals surface area contributed by atoms with Crippen LogP contribution in [0.15, 0.2) is 30.3 Å². The van der Waals surface area contributed by atoms with Gasteiger partial charge in [0.25, 0.3) is 0 Å². The summed E-state index contributed by atoms with van der Waals surface area (Å²) in [6, 6.07) is 11.6. The SMILES string of the molecule is CCOC(=O)N1CCC(C(=O)NCCCc2nn(-c3ccccc3)c(N)c2C#N)CC1. The highest BCUT2D eigenvalue weighted by molar-refractivity contribution is 5.79. The Morgan fingerprint density at radius 1 is 1.29 bits per heavy atom. The number of nitrogens with zero attached hydrogens (tertiary/aromatic N) is 4. The lowest BCUT2D eigenvalue weighted by Crippen LogP contribution is -2.43. The number of nitriles is 1. The first-order valence-electron chi connectivity index (χ1n) is 10.6. The summed E-state index contributed by atoms with van der Waals surface area (Å²) in [6.45, 7) is 3.66. The van der Waals surface area contributed by atoms with E-state index in [2.05, 4.69) is 16.5 Å². The number of nitrogen functional groups attached to an aromatic ring is 1. The van der Waals surface area contributed by atoms with Crippen LogP contribution in [0.2, 0.25) is 0 Å². The minimum atomic E-state index is -0.316. The molecule has 0 spiro atoms. The molecule has 2 amide bonds. The molecule has 0 aliphatic carbocycles. The summed E-state index contributed by atoms with van der Waals surface area (Å²) in [5, 5.41) is 16.9. The van der Waals surface area contributed by atoms with Crippen molar-refractivity contribution in [1.82, 2.24) is 20.0 Å². The minimum absolute atomic E-state index is 0.00153. The highest BCUT2D eigenvalue weighted by Crippen LogP contribution is 2.21. The van der Waals surface area contributed by atoms with Gasteiger partial charge in [0.2, 0.25) is 5.91 Å². The molecule has 0 saturated carbocycles. The number of benzene rings is 1. The number of amides is 2. The van der Waals surface area contributed by atoms with E-state index in [1.54, 1.807) is 16.5 Å². The third-order valence-electron chi connectivity index (χ3n) is 5.39. The molecule has 1 fully saturated rings. The average molecular weight is 425 g/mol. The average Bonchev–Trinajstić information content (AvgIpc) is 3.12. The first-order valence-corrected chi connectivity index (χ1v) is 10.6. The Morgan fingerprint density at radius 3 is 2.65 bits per heavy atom. The Bertz CT molecular complexity index is 942. The van der Waals surface area contributed by atoms with Gasteiger partial charge in [-0.3, -0.25) is 4.79 Å². The van der Waals surface area contributed by atoms with Crippen molar-refractivity contribution in [2.45, 2.75) is 32.6 Å². The van der Waals surface area contributed by atoms with Crippen LogP contribution in [-0.4, -0.2) is 52.9 Å². The number of aromatic nitrogens is 2. The van der Waals surface area contributed by atoms with Crippen molar-refractivity contribution in [3.8, 4) is 11.8 Å². The summed E-state index contributed by atoms with van der Waals surface area (Å²) < 4.78 is 6.58. The molecule has 0 bridgehead atoms. The van der Waals surface area contributed by atoms with Crippen LogP contribution in [0.3, 0.4) is 0 Å². The van der Waals surface area contributed by atoms with Crippen molar-refractivity contribution in [1.29, 1.82) is 5.26 Å². The van der Waals surface area contributed by atoms with Crippen molar-refractivity contribution in [2.24, 2.45) is 5.92 Å². The standard InChI is InChI=1S/C22H28N6O3/c1-2-31-22(30)27-13-10-16(11-14-27)21(29)25-12-6-9-19-18(15-23)20(24)28(26-19)17-7-4-3-5-8-17/h3-5,7-8,16H,2,6,9-14,24H2,1H3,(H,25,29). The number of hydrogen-bond acceptors (Lipinski definition) is 6. The maximum absolute atomic E-state index is 12.4. The molecule has 1 aliphatic heterocycles. The van der Waals surface area contributed by atoms with Crippen LogP contribution in [-0.2, 0) is 16.0 Å². The number of anilines is 1. The first kappa shape index (κ1) is 22.2. The zero-order chi connectivity index (χ0) is 22.2. The van der Waals surface area contributed by atoms with Gasteiger partial charge in [0, 0.05) is 25.6 Å². The lowest BCUT2D eigenvalue weighted by atomic mass is 9.96. The second-order valence-corrected chi connectivity index (χ2v) is 7.42. The van der Waals surface area contributed by atoms with Crippen LogP contribution in [0.1, 0.15) is 37.4 Å². The lowest BCUT2D eigenvalue weighted by Gasteiger charge is -2.30. The predicted molar refractivity (Wildman–Crippen MR) is 115 cm³/mol. The van der Waals surface area contributed by atoms with E-state index >= 15 is 0 Å². The third kappa shape index (κ3) is 5.34. The normalized spacial score (nSPS) is 14.1. The molecule has 0 unspecified atom stereocenters. The summed E-state index contributed by atoms with van der Waals surface area (Å²) in [5.74, 6) is 0.215. The van der Waals surface area contributed by atoms with Gasteiger partial charge < -0.3 is 20.7 Å². The molecule has 31 heavy (non-hydrogen) atoms. The van der Waals surface area contributed by atoms with Crippen LogP contribution in [0.25, 0.3) is 5.69 Å². The Labute approximate surface area is 181 Å². The number of rotatable bonds is 7. The molecule has 164 valence electrons. The van der Waals surface area contributed by atoms with Gasteiger partial charge in [-0.2, -0.15) is 10.4 Å². The number of para-hydroxylation sites is 1. The third-order valence-corrected chi connectivity index (χ3v) is 5.39. The lowest BCUT2D eigenvalue weighted by molar-refractivity contribution is -0.126. The van der Waals surface area contributed by atoms with Gasteiger partial charge >= 0.3 is 6.09 Å². The van der Waals surface area contributed by atoms with Gasteiger partial charge in [-0.25, -0.2) is 9.48 Å². The number of likely N-dealkylation sites (tertiary alicyclic amines) is 1. The molecule has 0 atom stereocenters. The highest BCUT2D eigenvalue weighted by atomic mass is 16.6. The van der Waals surface area contributed by atoms with E-state index in [1.807, 2.05) is 30.3 Å². The van der Waals surface area contributed by atoms with E-state index < -0.39 is 0 Å². The molecule has 1 aromatic carbocycles. The molecule has 1 aliphatic rings. The van der Waals surface area contributed by atoms with Crippen LogP contribution in [0.4, 0.5) is 10.6 Å². The number of nitrogens with one attached hydrogen (secondary N) is 1. The van der Waals surface area contributed by atoms with Crippen molar-refractivity contribution in [3.05, 3.63) is 41.6 Å². The summed E-state index contributed by atoms with van der Waals surface area (Å²) in [5.41, 5.74) is 7.92. The number of hydrogen-bond donors (Lipinski definition) is 2. The van der Waals surface area contributed by atoms with Crippen molar-refractivity contribution in [3.63, 3.8) is 0 Å². The van der Waals surface area contributed by atoms with Crippen LogP contribution < -0.4 is 11.1 Å². The number of carbonyl (C=O) groups is 2. The topological polar surface area (TPSA) is 126 Å². The second kappa shape index (κ2) is 10.5. The number of carbonyl (C=O) groups excluding carboxylic acids is 2. The van der Waals surface area contributed by atoms with E-state index in [9.17, 15) is 14.9 Å². The predicted octanol–water partition coefficient (Wildman–Crippen LogP) is 2.24. The molecule has 2 heterocycles. The van der Waals surface area contributed by atoms with E-state index in [0.29, 0.717) is 69.0 Å². The fourth-order valence-electron chi connectivity index (χ4n) is 3.69. The van der Waals surface area contributed by atoms with Gasteiger partial charge in [-0.1, -0.05) is 18.2 Å². The zero-order valence-corrected chi connectivity index (χ0v) is 17.7. The molecule has 2 aromatic rings. The molecule has 3 N–H and O–H groups in total. The summed E-state index contributed by atoms with van der Waals surface area (Å²) >= 11 is 0. The van der Waals surface area contributed by atoms with Gasteiger partial charge in [0.15, 0.2) is 0 Å². The summed E-state index contributed by atoms with van der Waals surface area (Å²) in [7, 11) is 0. The molecule has 0 radical (unpaired) electrons. The highest BCUT2D eigenvalue weighted by Gasteiger charge is 2.27. The van der Waals surface area contributed by atoms with E-state index in [4.69, 9.17) is 10.5 Å². The monoisotopic (exact) mass is 424 g/mol. The second-order valence-electron chi connectivity index (χ2n) is 7.42. The first-order chi connectivity index (χ1) is 15.0. The van der Waals surface area contributed by atoms with E-state index in [0.717, 1.165) is 5.69 Å². The van der Waals surface area contributed by atoms with Crippen molar-refractivity contribution < 1.29 is 14.3 Å². The maximum atomic E-state index is 12.4. The molecular formula is C22H28N6O3. The fraction of sp³-hybridized carbons (Fsp3) is 0.455. The Balaban J connectivity index is 1.48. The summed E-state index contributed by atoms with van der Waals surface area (Å²) in [4.78, 5) is 25.8. The smallest absolute Gasteiger partial charge is 0.409 e. The molecule has 1 saturated heterocycles. The van der Waals surface area contributed by atoms with Crippen LogP contribution in [0.5, 0.6) is 0 Å². The maximum Gasteiger partial charge on any atom is 0.409 e. The van der Waals surface area contributed by atoms with Gasteiger partial charge in [0.1, 0.15) is 17.5 Å². The zero-order valence-electron chi connectivity index (χ0n) is 17.7. The number of nitrogens with two attached hydrogens (primary N) is 1. The molecule has 9 heteroatoms. The number of aryl methyl sites for hydroxylation is 1. The fourth-order valence-corrected chi connectivity index (χ4v) is 3.69. The number of ether oxygens (including phenoxy) is 1. The van der Waals surface area contributed by atoms with Gasteiger partial charge in [-0.05, 0) is 44.7 Å². The quantitative estimate of drug-likeness (QED) is 0.657.